The predicted molar refractivity (Wildman–Crippen MR) is 199 cm³/mol. The monoisotopic (exact) mass is 641 g/mol. The Morgan fingerprint density at radius 3 is 2.02 bits per heavy atom. The summed E-state index contributed by atoms with van der Waals surface area (Å²) >= 11 is 0. The molecule has 44 heavy (non-hydrogen) atoms. The lowest BCUT2D eigenvalue weighted by atomic mass is 9.61. The average molecular weight is 641 g/mol. The van der Waals surface area contributed by atoms with Gasteiger partial charge in [-0.05, 0) is 121 Å². The predicted octanol–water partition coefficient (Wildman–Crippen LogP) is 12.7. The highest BCUT2D eigenvalue weighted by molar-refractivity contribution is 6.74. The second kappa shape index (κ2) is 13.8. The molecule has 2 nitrogen and oxygen atoms in total. The summed E-state index contributed by atoms with van der Waals surface area (Å²) < 4.78 is 14.2. The minimum absolute atomic E-state index is 0.0393. The van der Waals surface area contributed by atoms with Gasteiger partial charge < -0.3 is 8.85 Å². The lowest BCUT2D eigenvalue weighted by Gasteiger charge is -2.45. The summed E-state index contributed by atoms with van der Waals surface area (Å²) in [5.74, 6) is 3.47. The van der Waals surface area contributed by atoms with Crippen LogP contribution in [0.1, 0.15) is 121 Å². The zero-order chi connectivity index (χ0) is 33.5. The normalized spacial score (nSPS) is 32.6. The van der Waals surface area contributed by atoms with Crippen LogP contribution in [0.15, 0.2) is 47.6 Å². The van der Waals surface area contributed by atoms with E-state index in [4.69, 9.17) is 15.4 Å². The minimum atomic E-state index is -1.96. The van der Waals surface area contributed by atoms with Gasteiger partial charge in [0.1, 0.15) is 0 Å². The first kappa shape index (κ1) is 37.8. The SMILES string of the molecule is C=C1/C(=C\C=C2\CCC[C@]3(C)[C@@H]([C@H](C)C=C[C@H](C)C(C)C)CC[C@@H]23)C[C@@H](O[Si](C)(C)C(C)(C)C)C[C@H]1O[Si](C)(C)C(C)(C)C. The van der Waals surface area contributed by atoms with E-state index >= 15 is 0 Å². The van der Waals surface area contributed by atoms with E-state index in [1.165, 1.54) is 43.3 Å². The highest BCUT2D eigenvalue weighted by atomic mass is 28.4. The van der Waals surface area contributed by atoms with E-state index in [0.717, 1.165) is 18.8 Å². The molecule has 0 unspecified atom stereocenters. The first-order valence-corrected chi connectivity index (χ1v) is 23.9. The molecule has 0 radical (unpaired) electrons. The fraction of sp³-hybridized carbons (Fsp3) is 0.800. The topological polar surface area (TPSA) is 18.5 Å². The van der Waals surface area contributed by atoms with Crippen molar-refractivity contribution in [1.29, 1.82) is 0 Å². The van der Waals surface area contributed by atoms with E-state index < -0.39 is 16.6 Å². The Bertz CT molecular complexity index is 1100. The van der Waals surface area contributed by atoms with Crippen LogP contribution >= 0.6 is 0 Å². The van der Waals surface area contributed by atoms with E-state index in [2.05, 4.69) is 127 Å². The van der Waals surface area contributed by atoms with Crippen LogP contribution < -0.4 is 0 Å². The van der Waals surface area contributed by atoms with Crippen LogP contribution in [0.2, 0.25) is 36.3 Å². The van der Waals surface area contributed by atoms with Crippen LogP contribution in [0.5, 0.6) is 0 Å². The van der Waals surface area contributed by atoms with Crippen molar-refractivity contribution < 1.29 is 8.85 Å². The van der Waals surface area contributed by atoms with Gasteiger partial charge in [0.2, 0.25) is 0 Å². The molecule has 0 aromatic heterocycles. The Morgan fingerprint density at radius 2 is 1.45 bits per heavy atom. The number of hydrogen-bond acceptors (Lipinski definition) is 2. The molecule has 0 N–H and O–H groups in total. The summed E-state index contributed by atoms with van der Waals surface area (Å²) in [6.45, 7) is 40.5. The third-order valence-corrected chi connectivity index (χ3v) is 22.2. The molecule has 0 saturated heterocycles. The van der Waals surface area contributed by atoms with Crippen molar-refractivity contribution in [3.05, 3.63) is 47.6 Å². The van der Waals surface area contributed by atoms with Gasteiger partial charge in [0.15, 0.2) is 16.6 Å². The fourth-order valence-corrected chi connectivity index (χ4v) is 10.3. The van der Waals surface area contributed by atoms with Crippen LogP contribution in [0, 0.1) is 35.0 Å². The van der Waals surface area contributed by atoms with Crippen LogP contribution in [-0.2, 0) is 8.85 Å². The summed E-state index contributed by atoms with van der Waals surface area (Å²) in [6, 6.07) is 0. The van der Waals surface area contributed by atoms with E-state index in [-0.39, 0.29) is 22.3 Å². The molecular formula is C40H72O2Si2. The maximum Gasteiger partial charge on any atom is 0.192 e. The van der Waals surface area contributed by atoms with Gasteiger partial charge >= 0.3 is 0 Å². The Morgan fingerprint density at radius 1 is 0.864 bits per heavy atom. The van der Waals surface area contributed by atoms with Crippen molar-refractivity contribution in [2.24, 2.45) is 35.0 Å². The first-order chi connectivity index (χ1) is 20.0. The smallest absolute Gasteiger partial charge is 0.192 e. The van der Waals surface area contributed by atoms with Gasteiger partial charge in [0.25, 0.3) is 0 Å². The molecule has 0 amide bonds. The van der Waals surface area contributed by atoms with Crippen molar-refractivity contribution in [2.45, 2.75) is 170 Å². The zero-order valence-corrected chi connectivity index (χ0v) is 33.8. The maximum absolute atomic E-state index is 7.09. The Kier molecular flexibility index (Phi) is 11.9. The molecule has 3 aliphatic carbocycles. The molecule has 0 bridgehead atoms. The zero-order valence-electron chi connectivity index (χ0n) is 31.8. The maximum atomic E-state index is 7.09. The number of allylic oxidation sites excluding steroid dienone is 5. The fourth-order valence-electron chi connectivity index (χ4n) is 7.62. The summed E-state index contributed by atoms with van der Waals surface area (Å²) in [7, 11) is -3.88. The standard InChI is InChI=1S/C40H72O2Si2/c1-28(2)29(3)19-20-30(4)35-23-24-36-32(18-17-25-40(35,36)12)21-22-33-26-34(41-43(13,14)38(6,7)8)27-37(31(33)5)42-44(15,16)39(9,10)11/h19-22,28-30,34-37H,5,17-18,23-27H2,1-4,6-16H3/b20-19?,32-21-,33-22-/t29-,30+,34+,35+,36-,37+,40+/m0/s1. The molecule has 0 heterocycles. The van der Waals surface area contributed by atoms with Gasteiger partial charge in [-0.2, -0.15) is 0 Å². The van der Waals surface area contributed by atoms with E-state index in [1.807, 2.05) is 0 Å². The summed E-state index contributed by atoms with van der Waals surface area (Å²) in [4.78, 5) is 0. The molecule has 7 atom stereocenters. The molecule has 3 rings (SSSR count). The molecule has 252 valence electrons. The summed E-state index contributed by atoms with van der Waals surface area (Å²) in [5, 5.41) is 0.352. The molecule has 0 aliphatic heterocycles. The third kappa shape index (κ3) is 8.42. The van der Waals surface area contributed by atoms with Gasteiger partial charge in [-0.1, -0.05) is 113 Å². The minimum Gasteiger partial charge on any atom is -0.413 e. The Labute approximate surface area is 276 Å². The number of fused-ring (bicyclic) bond motifs is 1. The van der Waals surface area contributed by atoms with Crippen LogP contribution in [0.4, 0.5) is 0 Å². The second-order valence-electron chi connectivity index (χ2n) is 18.7. The van der Waals surface area contributed by atoms with E-state index in [1.54, 1.807) is 5.57 Å². The highest BCUT2D eigenvalue weighted by Crippen LogP contribution is 2.59. The summed E-state index contributed by atoms with van der Waals surface area (Å²) in [5.41, 5.74) is 4.64. The van der Waals surface area contributed by atoms with Gasteiger partial charge in [-0.3, -0.25) is 0 Å². The van der Waals surface area contributed by atoms with E-state index in [9.17, 15) is 0 Å². The molecular weight excluding hydrogens is 569 g/mol. The quantitative estimate of drug-likeness (QED) is 0.184. The van der Waals surface area contributed by atoms with Crippen molar-refractivity contribution in [2.75, 3.05) is 0 Å². The van der Waals surface area contributed by atoms with Crippen molar-refractivity contribution in [3.63, 3.8) is 0 Å². The van der Waals surface area contributed by atoms with Gasteiger partial charge in [0.05, 0.1) is 12.2 Å². The highest BCUT2D eigenvalue weighted by Gasteiger charge is 2.50. The molecule has 0 aromatic rings. The molecule has 3 fully saturated rings. The van der Waals surface area contributed by atoms with Gasteiger partial charge in [-0.15, -0.1) is 0 Å². The largest absolute Gasteiger partial charge is 0.413 e. The van der Waals surface area contributed by atoms with E-state index in [0.29, 0.717) is 29.1 Å². The average Bonchev–Trinajstić information content (AvgIpc) is 3.23. The van der Waals surface area contributed by atoms with Crippen molar-refractivity contribution in [3.8, 4) is 0 Å². The molecule has 4 heteroatoms. The summed E-state index contributed by atoms with van der Waals surface area (Å²) in [6.07, 6.45) is 18.8. The van der Waals surface area contributed by atoms with Gasteiger partial charge in [0, 0.05) is 6.42 Å². The van der Waals surface area contributed by atoms with Crippen LogP contribution in [0.25, 0.3) is 0 Å². The van der Waals surface area contributed by atoms with Crippen molar-refractivity contribution in [1.82, 2.24) is 0 Å². The van der Waals surface area contributed by atoms with Crippen LogP contribution in [-0.4, -0.2) is 28.8 Å². The lowest BCUT2D eigenvalue weighted by Crippen LogP contribution is -2.49. The molecule has 3 aliphatic rings. The number of rotatable bonds is 9. The molecule has 0 spiro atoms. The first-order valence-electron chi connectivity index (χ1n) is 18.1. The lowest BCUT2D eigenvalue weighted by molar-refractivity contribution is 0.0969. The van der Waals surface area contributed by atoms with Crippen LogP contribution in [0.3, 0.4) is 0 Å². The molecule has 0 aromatic carbocycles. The number of hydrogen-bond donors (Lipinski definition) is 0. The third-order valence-electron chi connectivity index (χ3n) is 13.2. The van der Waals surface area contributed by atoms with Gasteiger partial charge in [-0.25, -0.2) is 0 Å². The Hall–Kier alpha value is -0.686. The molecule has 3 saturated carbocycles. The second-order valence-corrected chi connectivity index (χ2v) is 28.2. The van der Waals surface area contributed by atoms with Crippen molar-refractivity contribution >= 4 is 16.6 Å². The Balaban J connectivity index is 1.90.